The molecule has 116 valence electrons. The van der Waals surface area contributed by atoms with Crippen LogP contribution < -0.4 is 16.0 Å². The zero-order chi connectivity index (χ0) is 15.2. The Kier molecular flexibility index (Phi) is 5.90. The SMILES string of the molecule is CC1SCCN(CCOc2cccc(C(=O)NN)c2)C1C. The normalized spacial score (nSPS) is 22.8. The van der Waals surface area contributed by atoms with E-state index in [4.69, 9.17) is 10.6 Å². The second kappa shape index (κ2) is 7.68. The molecule has 0 bridgehead atoms. The van der Waals surface area contributed by atoms with Crippen molar-refractivity contribution in [2.75, 3.05) is 25.4 Å². The van der Waals surface area contributed by atoms with E-state index in [9.17, 15) is 4.79 Å². The second-order valence-corrected chi connectivity index (χ2v) is 6.69. The molecule has 1 fully saturated rings. The number of nitrogen functional groups attached to an aromatic ring is 1. The van der Waals surface area contributed by atoms with Crippen LogP contribution in [0, 0.1) is 0 Å². The molecule has 1 aliphatic rings. The molecule has 2 rings (SSSR count). The maximum Gasteiger partial charge on any atom is 0.265 e. The molecule has 3 N–H and O–H groups in total. The minimum absolute atomic E-state index is 0.309. The summed E-state index contributed by atoms with van der Waals surface area (Å²) < 4.78 is 5.76. The Morgan fingerprint density at radius 2 is 2.33 bits per heavy atom. The van der Waals surface area contributed by atoms with Gasteiger partial charge in [-0.05, 0) is 25.1 Å². The monoisotopic (exact) mass is 309 g/mol. The van der Waals surface area contributed by atoms with E-state index in [1.165, 1.54) is 5.75 Å². The molecule has 0 aromatic heterocycles. The van der Waals surface area contributed by atoms with Gasteiger partial charge in [-0.25, -0.2) is 5.84 Å². The fourth-order valence-corrected chi connectivity index (χ4v) is 3.56. The molecule has 0 radical (unpaired) electrons. The highest BCUT2D eigenvalue weighted by molar-refractivity contribution is 8.00. The molecule has 6 heteroatoms. The van der Waals surface area contributed by atoms with Crippen LogP contribution in [0.5, 0.6) is 5.75 Å². The first-order chi connectivity index (χ1) is 10.1. The molecule has 1 saturated heterocycles. The smallest absolute Gasteiger partial charge is 0.265 e. The average Bonchev–Trinajstić information content (AvgIpc) is 2.51. The van der Waals surface area contributed by atoms with E-state index in [0.29, 0.717) is 29.2 Å². The zero-order valence-electron chi connectivity index (χ0n) is 12.5. The van der Waals surface area contributed by atoms with Gasteiger partial charge in [-0.3, -0.25) is 15.1 Å². The Hall–Kier alpha value is -1.24. The lowest BCUT2D eigenvalue weighted by atomic mass is 10.2. The van der Waals surface area contributed by atoms with Crippen LogP contribution in [0.1, 0.15) is 24.2 Å². The van der Waals surface area contributed by atoms with E-state index in [1.54, 1.807) is 18.2 Å². The van der Waals surface area contributed by atoms with Gasteiger partial charge in [0.15, 0.2) is 0 Å². The van der Waals surface area contributed by atoms with Crippen molar-refractivity contribution >= 4 is 17.7 Å². The van der Waals surface area contributed by atoms with E-state index >= 15 is 0 Å². The molecule has 1 heterocycles. The number of carbonyl (C=O) groups excluding carboxylic acids is 1. The molecular formula is C15H23N3O2S. The number of hydrazine groups is 1. The summed E-state index contributed by atoms with van der Waals surface area (Å²) in [4.78, 5) is 13.9. The summed E-state index contributed by atoms with van der Waals surface area (Å²) >= 11 is 2.03. The third-order valence-electron chi connectivity index (χ3n) is 3.89. The molecule has 1 amide bonds. The summed E-state index contributed by atoms with van der Waals surface area (Å²) in [7, 11) is 0. The third kappa shape index (κ3) is 4.36. The topological polar surface area (TPSA) is 67.6 Å². The van der Waals surface area contributed by atoms with Gasteiger partial charge < -0.3 is 4.74 Å². The summed E-state index contributed by atoms with van der Waals surface area (Å²) in [6, 6.07) is 7.64. The van der Waals surface area contributed by atoms with E-state index in [1.807, 2.05) is 17.8 Å². The van der Waals surface area contributed by atoms with Gasteiger partial charge in [0.25, 0.3) is 5.91 Å². The number of benzene rings is 1. The first-order valence-electron chi connectivity index (χ1n) is 7.21. The molecule has 2 unspecified atom stereocenters. The Balaban J connectivity index is 1.84. The Bertz CT molecular complexity index is 484. The standard InChI is InChI=1S/C15H23N3O2S/c1-11-12(2)21-9-7-18(11)6-8-20-14-5-3-4-13(10-14)15(19)17-16/h3-5,10-12H,6-9,16H2,1-2H3,(H,17,19). The van der Waals surface area contributed by atoms with E-state index in [2.05, 4.69) is 24.2 Å². The number of nitrogens with two attached hydrogens (primary N) is 1. The number of nitrogens with zero attached hydrogens (tertiary/aromatic N) is 1. The number of amides is 1. The fraction of sp³-hybridized carbons (Fsp3) is 0.533. The number of rotatable bonds is 5. The maximum absolute atomic E-state index is 11.5. The van der Waals surface area contributed by atoms with Gasteiger partial charge in [-0.2, -0.15) is 11.8 Å². The fourth-order valence-electron chi connectivity index (χ4n) is 2.40. The van der Waals surface area contributed by atoms with E-state index < -0.39 is 0 Å². The predicted octanol–water partition coefficient (Wildman–Crippen LogP) is 1.49. The van der Waals surface area contributed by atoms with Crippen molar-refractivity contribution in [3.05, 3.63) is 29.8 Å². The molecule has 21 heavy (non-hydrogen) atoms. The van der Waals surface area contributed by atoms with Gasteiger partial charge in [-0.15, -0.1) is 0 Å². The molecule has 1 aliphatic heterocycles. The molecular weight excluding hydrogens is 286 g/mol. The van der Waals surface area contributed by atoms with Crippen molar-refractivity contribution < 1.29 is 9.53 Å². The molecule has 1 aromatic rings. The summed E-state index contributed by atoms with van der Waals surface area (Å²) in [5.41, 5.74) is 2.63. The van der Waals surface area contributed by atoms with Crippen LogP contribution in [0.15, 0.2) is 24.3 Å². The van der Waals surface area contributed by atoms with Gasteiger partial charge >= 0.3 is 0 Å². The largest absolute Gasteiger partial charge is 0.492 e. The highest BCUT2D eigenvalue weighted by Crippen LogP contribution is 2.23. The Labute approximate surface area is 130 Å². The van der Waals surface area contributed by atoms with Crippen molar-refractivity contribution in [1.29, 1.82) is 0 Å². The Morgan fingerprint density at radius 1 is 1.52 bits per heavy atom. The van der Waals surface area contributed by atoms with Crippen LogP contribution in [0.3, 0.4) is 0 Å². The first-order valence-corrected chi connectivity index (χ1v) is 8.26. The van der Waals surface area contributed by atoms with Gasteiger partial charge in [-0.1, -0.05) is 13.0 Å². The van der Waals surface area contributed by atoms with Gasteiger partial charge in [0.1, 0.15) is 12.4 Å². The lowest BCUT2D eigenvalue weighted by molar-refractivity contribution is 0.0953. The lowest BCUT2D eigenvalue weighted by Gasteiger charge is -2.37. The maximum atomic E-state index is 11.5. The van der Waals surface area contributed by atoms with Crippen LogP contribution in [-0.2, 0) is 0 Å². The quantitative estimate of drug-likeness (QED) is 0.490. The van der Waals surface area contributed by atoms with Crippen molar-refractivity contribution in [2.45, 2.75) is 25.1 Å². The second-order valence-electron chi connectivity index (χ2n) is 5.20. The number of hydrogen-bond donors (Lipinski definition) is 2. The predicted molar refractivity (Wildman–Crippen MR) is 86.5 cm³/mol. The van der Waals surface area contributed by atoms with Crippen LogP contribution in [0.25, 0.3) is 0 Å². The van der Waals surface area contributed by atoms with Crippen molar-refractivity contribution in [3.63, 3.8) is 0 Å². The van der Waals surface area contributed by atoms with Crippen LogP contribution in [0.2, 0.25) is 0 Å². The molecule has 1 aromatic carbocycles. The number of carbonyl (C=O) groups is 1. The Morgan fingerprint density at radius 3 is 3.10 bits per heavy atom. The van der Waals surface area contributed by atoms with E-state index in [-0.39, 0.29) is 5.91 Å². The van der Waals surface area contributed by atoms with Crippen molar-refractivity contribution in [1.82, 2.24) is 10.3 Å². The average molecular weight is 309 g/mol. The molecule has 0 saturated carbocycles. The third-order valence-corrected chi connectivity index (χ3v) is 5.23. The van der Waals surface area contributed by atoms with Crippen molar-refractivity contribution in [2.24, 2.45) is 5.84 Å². The highest BCUT2D eigenvalue weighted by Gasteiger charge is 2.24. The summed E-state index contributed by atoms with van der Waals surface area (Å²) in [6.45, 7) is 7.17. The molecule has 2 atom stereocenters. The summed E-state index contributed by atoms with van der Waals surface area (Å²) in [5.74, 6) is 6.70. The van der Waals surface area contributed by atoms with Gasteiger partial charge in [0.2, 0.25) is 0 Å². The van der Waals surface area contributed by atoms with Crippen molar-refractivity contribution in [3.8, 4) is 5.75 Å². The van der Waals surface area contributed by atoms with E-state index in [0.717, 1.165) is 13.1 Å². The zero-order valence-corrected chi connectivity index (χ0v) is 13.4. The highest BCUT2D eigenvalue weighted by atomic mass is 32.2. The molecule has 5 nitrogen and oxygen atoms in total. The van der Waals surface area contributed by atoms with Crippen LogP contribution in [0.4, 0.5) is 0 Å². The van der Waals surface area contributed by atoms with Gasteiger partial charge in [0.05, 0.1) is 0 Å². The number of hydrogen-bond acceptors (Lipinski definition) is 5. The van der Waals surface area contributed by atoms with Gasteiger partial charge in [0, 0.05) is 35.7 Å². The minimum atomic E-state index is -0.309. The summed E-state index contributed by atoms with van der Waals surface area (Å²) in [5, 5.41) is 0.662. The first kappa shape index (κ1) is 16.1. The summed E-state index contributed by atoms with van der Waals surface area (Å²) in [6.07, 6.45) is 0. The molecule has 0 spiro atoms. The number of ether oxygens (including phenoxy) is 1. The number of nitrogens with one attached hydrogen (secondary N) is 1. The minimum Gasteiger partial charge on any atom is -0.492 e. The van der Waals surface area contributed by atoms with Crippen LogP contribution in [-0.4, -0.2) is 47.5 Å². The van der Waals surface area contributed by atoms with Crippen LogP contribution >= 0.6 is 11.8 Å². The number of thioether (sulfide) groups is 1. The lowest BCUT2D eigenvalue weighted by Crippen LogP contribution is -2.46. The molecule has 0 aliphatic carbocycles.